The second-order valence-corrected chi connectivity index (χ2v) is 6.67. The summed E-state index contributed by atoms with van der Waals surface area (Å²) >= 11 is 7.38. The number of carbonyl (C=O) groups is 1. The molecule has 1 heterocycles. The first-order chi connectivity index (χ1) is 9.76. The number of rotatable bonds is 11. The van der Waals surface area contributed by atoms with Crippen molar-refractivity contribution in [3.8, 4) is 0 Å². The first kappa shape index (κ1) is 17.5. The lowest BCUT2D eigenvalue weighted by molar-refractivity contribution is -0.139. The SMILES string of the molecule is COC(=O)Cc1ccc(CCCCCCCCCCl)s1. The Morgan fingerprint density at radius 3 is 2.30 bits per heavy atom. The van der Waals surface area contributed by atoms with E-state index in [1.807, 2.05) is 6.07 Å². The Morgan fingerprint density at radius 2 is 1.65 bits per heavy atom. The molecule has 0 spiro atoms. The number of halogens is 1. The van der Waals surface area contributed by atoms with E-state index in [1.165, 1.54) is 50.5 Å². The summed E-state index contributed by atoms with van der Waals surface area (Å²) < 4.78 is 4.68. The first-order valence-corrected chi connectivity index (χ1v) is 8.81. The average Bonchev–Trinajstić information content (AvgIpc) is 2.89. The van der Waals surface area contributed by atoms with Gasteiger partial charge in [0, 0.05) is 15.6 Å². The van der Waals surface area contributed by atoms with Gasteiger partial charge in [-0.05, 0) is 31.4 Å². The van der Waals surface area contributed by atoms with Crippen LogP contribution in [0.1, 0.15) is 54.7 Å². The molecule has 0 atom stereocenters. The zero-order valence-electron chi connectivity index (χ0n) is 12.3. The van der Waals surface area contributed by atoms with Gasteiger partial charge in [-0.15, -0.1) is 22.9 Å². The molecule has 0 aliphatic heterocycles. The summed E-state index contributed by atoms with van der Waals surface area (Å²) in [6.45, 7) is 0. The average molecular weight is 317 g/mol. The van der Waals surface area contributed by atoms with E-state index in [0.717, 1.165) is 23.6 Å². The molecule has 0 aliphatic rings. The topological polar surface area (TPSA) is 26.3 Å². The fourth-order valence-electron chi connectivity index (χ4n) is 2.14. The van der Waals surface area contributed by atoms with Crippen LogP contribution in [0.2, 0.25) is 0 Å². The Bertz CT molecular complexity index is 376. The number of ether oxygens (including phenoxy) is 1. The summed E-state index contributed by atoms with van der Waals surface area (Å²) in [5.41, 5.74) is 0. The Balaban J connectivity index is 2.06. The molecule has 0 aliphatic carbocycles. The van der Waals surface area contributed by atoms with Crippen molar-refractivity contribution in [1.29, 1.82) is 0 Å². The molecule has 1 aromatic rings. The predicted octanol–water partition coefficient (Wildman–Crippen LogP) is 4.98. The molecule has 0 unspecified atom stereocenters. The van der Waals surface area contributed by atoms with Crippen LogP contribution < -0.4 is 0 Å². The van der Waals surface area contributed by atoms with Crippen LogP contribution in [-0.2, 0) is 22.4 Å². The van der Waals surface area contributed by atoms with Crippen LogP contribution >= 0.6 is 22.9 Å². The quantitative estimate of drug-likeness (QED) is 0.327. The van der Waals surface area contributed by atoms with E-state index >= 15 is 0 Å². The Labute approximate surface area is 131 Å². The van der Waals surface area contributed by atoms with Crippen LogP contribution in [0.3, 0.4) is 0 Å². The molecule has 2 nitrogen and oxygen atoms in total. The van der Waals surface area contributed by atoms with Crippen LogP contribution in [-0.4, -0.2) is 19.0 Å². The lowest BCUT2D eigenvalue weighted by Crippen LogP contribution is -2.02. The number of hydrogen-bond donors (Lipinski definition) is 0. The minimum atomic E-state index is -0.157. The van der Waals surface area contributed by atoms with Gasteiger partial charge in [0.1, 0.15) is 0 Å². The van der Waals surface area contributed by atoms with Crippen LogP contribution in [0.15, 0.2) is 12.1 Å². The third-order valence-electron chi connectivity index (χ3n) is 3.32. The molecule has 0 aromatic carbocycles. The molecule has 0 amide bonds. The third-order valence-corrected chi connectivity index (χ3v) is 4.73. The minimum Gasteiger partial charge on any atom is -0.469 e. The summed E-state index contributed by atoms with van der Waals surface area (Å²) in [5, 5.41) is 0. The minimum absolute atomic E-state index is 0.157. The largest absolute Gasteiger partial charge is 0.469 e. The van der Waals surface area contributed by atoms with Gasteiger partial charge in [0.15, 0.2) is 0 Å². The van der Waals surface area contributed by atoms with Gasteiger partial charge in [0.05, 0.1) is 13.5 Å². The van der Waals surface area contributed by atoms with Gasteiger partial charge >= 0.3 is 5.97 Å². The molecule has 0 N–H and O–H groups in total. The second-order valence-electron chi connectivity index (χ2n) is 5.03. The van der Waals surface area contributed by atoms with Crippen molar-refractivity contribution >= 4 is 28.9 Å². The number of thiophene rings is 1. The molecule has 0 radical (unpaired) electrons. The Morgan fingerprint density at radius 1 is 1.05 bits per heavy atom. The molecule has 0 saturated carbocycles. The number of aryl methyl sites for hydroxylation is 1. The number of alkyl halides is 1. The number of hydrogen-bond acceptors (Lipinski definition) is 3. The number of methoxy groups -OCH3 is 1. The van der Waals surface area contributed by atoms with Crippen LogP contribution in [0.5, 0.6) is 0 Å². The molecular weight excluding hydrogens is 292 g/mol. The first-order valence-electron chi connectivity index (χ1n) is 7.46. The van der Waals surface area contributed by atoms with Gasteiger partial charge in [-0.25, -0.2) is 0 Å². The molecule has 1 aromatic heterocycles. The Kier molecular flexibility index (Phi) is 9.77. The lowest BCUT2D eigenvalue weighted by Gasteiger charge is -2.00. The third kappa shape index (κ3) is 7.91. The van der Waals surface area contributed by atoms with Crippen molar-refractivity contribution in [1.82, 2.24) is 0 Å². The normalized spacial score (nSPS) is 10.7. The summed E-state index contributed by atoms with van der Waals surface area (Å²) in [5.74, 6) is 0.641. The molecule has 0 bridgehead atoms. The van der Waals surface area contributed by atoms with Crippen LogP contribution in [0, 0.1) is 0 Å². The molecule has 20 heavy (non-hydrogen) atoms. The fraction of sp³-hybridized carbons (Fsp3) is 0.688. The fourth-order valence-corrected chi connectivity index (χ4v) is 3.38. The van der Waals surface area contributed by atoms with Gasteiger partial charge in [-0.2, -0.15) is 0 Å². The highest BCUT2D eigenvalue weighted by Crippen LogP contribution is 2.20. The number of carbonyl (C=O) groups excluding carboxylic acids is 1. The molecule has 114 valence electrons. The number of unbranched alkanes of at least 4 members (excludes halogenated alkanes) is 6. The zero-order valence-corrected chi connectivity index (χ0v) is 13.9. The van der Waals surface area contributed by atoms with Crippen molar-refractivity contribution in [3.05, 3.63) is 21.9 Å². The molecule has 0 fully saturated rings. The smallest absolute Gasteiger partial charge is 0.310 e. The number of esters is 1. The van der Waals surface area contributed by atoms with E-state index in [-0.39, 0.29) is 5.97 Å². The highest BCUT2D eigenvalue weighted by molar-refractivity contribution is 7.12. The van der Waals surface area contributed by atoms with Crippen molar-refractivity contribution in [2.45, 2.75) is 57.8 Å². The molecule has 0 saturated heterocycles. The maximum atomic E-state index is 11.2. The highest BCUT2D eigenvalue weighted by atomic mass is 35.5. The van der Waals surface area contributed by atoms with Crippen molar-refractivity contribution < 1.29 is 9.53 Å². The summed E-state index contributed by atoms with van der Waals surface area (Å²) in [6.07, 6.45) is 10.5. The predicted molar refractivity (Wildman–Crippen MR) is 86.8 cm³/mol. The van der Waals surface area contributed by atoms with Crippen LogP contribution in [0.4, 0.5) is 0 Å². The molecule has 1 rings (SSSR count). The second kappa shape index (κ2) is 11.2. The maximum absolute atomic E-state index is 11.2. The summed E-state index contributed by atoms with van der Waals surface area (Å²) in [7, 11) is 1.43. The Hall–Kier alpha value is -0.540. The maximum Gasteiger partial charge on any atom is 0.310 e. The van der Waals surface area contributed by atoms with Gasteiger partial charge in [-0.1, -0.05) is 32.1 Å². The van der Waals surface area contributed by atoms with Crippen molar-refractivity contribution in [2.24, 2.45) is 0 Å². The molecule has 4 heteroatoms. The van der Waals surface area contributed by atoms with Crippen molar-refractivity contribution in [2.75, 3.05) is 13.0 Å². The lowest BCUT2D eigenvalue weighted by atomic mass is 10.1. The summed E-state index contributed by atoms with van der Waals surface area (Å²) in [6, 6.07) is 4.19. The van der Waals surface area contributed by atoms with E-state index in [0.29, 0.717) is 6.42 Å². The zero-order chi connectivity index (χ0) is 14.6. The van der Waals surface area contributed by atoms with E-state index in [9.17, 15) is 4.79 Å². The monoisotopic (exact) mass is 316 g/mol. The standard InChI is InChI=1S/C16H25ClO2S/c1-19-16(18)13-15-11-10-14(20-15)9-7-5-3-2-4-6-8-12-17/h10-11H,2-9,12-13H2,1H3. The van der Waals surface area contributed by atoms with Gasteiger partial charge in [-0.3, -0.25) is 4.79 Å². The van der Waals surface area contributed by atoms with Gasteiger partial charge in [0.25, 0.3) is 0 Å². The van der Waals surface area contributed by atoms with Gasteiger partial charge in [0.2, 0.25) is 0 Å². The van der Waals surface area contributed by atoms with E-state index < -0.39 is 0 Å². The van der Waals surface area contributed by atoms with Gasteiger partial charge < -0.3 is 4.74 Å². The van der Waals surface area contributed by atoms with E-state index in [1.54, 1.807) is 11.3 Å². The molecular formula is C16H25ClO2S. The van der Waals surface area contributed by atoms with Crippen molar-refractivity contribution in [3.63, 3.8) is 0 Å². The van der Waals surface area contributed by atoms with E-state index in [2.05, 4.69) is 10.8 Å². The van der Waals surface area contributed by atoms with Crippen LogP contribution in [0.25, 0.3) is 0 Å². The highest BCUT2D eigenvalue weighted by Gasteiger charge is 2.06. The summed E-state index contributed by atoms with van der Waals surface area (Å²) in [4.78, 5) is 13.7. The van der Waals surface area contributed by atoms with E-state index in [4.69, 9.17) is 11.6 Å².